The fourth-order valence-electron chi connectivity index (χ4n) is 4.17. The van der Waals surface area contributed by atoms with E-state index in [-0.39, 0.29) is 12.1 Å². The van der Waals surface area contributed by atoms with Crippen molar-refractivity contribution in [3.05, 3.63) is 95.6 Å². The fourth-order valence-corrected chi connectivity index (χ4v) is 4.17. The van der Waals surface area contributed by atoms with Gasteiger partial charge in [0.2, 0.25) is 5.95 Å². The summed E-state index contributed by atoms with van der Waals surface area (Å²) in [6.45, 7) is 2.20. The highest BCUT2D eigenvalue weighted by atomic mass is 15.3. The van der Waals surface area contributed by atoms with Crippen LogP contribution < -0.4 is 5.32 Å². The highest BCUT2D eigenvalue weighted by molar-refractivity contribution is 5.79. The number of anilines is 1. The molecule has 4 aromatic rings. The topological polar surface area (TPSA) is 29.9 Å². The molecule has 1 aromatic heterocycles. The standard InChI is InChI=1S/C24H23N3/c1-2-17-12-14-19(15-13-17)23-16-21(18-8-4-3-5-9-18)26-24-25-20-10-6-7-11-22(20)27(23)24/h3-15,21,23H,2,16H2,1H3,(H,25,26)/t21-,23-/m0/s1. The van der Waals surface area contributed by atoms with E-state index < -0.39 is 0 Å². The first-order valence-corrected chi connectivity index (χ1v) is 9.71. The van der Waals surface area contributed by atoms with Gasteiger partial charge >= 0.3 is 0 Å². The Morgan fingerprint density at radius 2 is 1.63 bits per heavy atom. The number of nitrogens with zero attached hydrogens (tertiary/aromatic N) is 2. The summed E-state index contributed by atoms with van der Waals surface area (Å²) in [7, 11) is 0. The zero-order valence-corrected chi connectivity index (χ0v) is 15.5. The summed E-state index contributed by atoms with van der Waals surface area (Å²) in [4.78, 5) is 4.89. The lowest BCUT2D eigenvalue weighted by Gasteiger charge is -2.33. The molecule has 0 saturated carbocycles. The molecule has 3 aromatic carbocycles. The van der Waals surface area contributed by atoms with E-state index in [9.17, 15) is 0 Å². The molecule has 0 saturated heterocycles. The summed E-state index contributed by atoms with van der Waals surface area (Å²) in [5.41, 5.74) is 6.27. The zero-order valence-electron chi connectivity index (χ0n) is 15.5. The van der Waals surface area contributed by atoms with Crippen molar-refractivity contribution in [2.24, 2.45) is 0 Å². The van der Waals surface area contributed by atoms with Gasteiger partial charge in [0.15, 0.2) is 0 Å². The molecule has 1 aliphatic heterocycles. The first kappa shape index (κ1) is 16.1. The van der Waals surface area contributed by atoms with Crippen LogP contribution in [-0.4, -0.2) is 9.55 Å². The van der Waals surface area contributed by atoms with Gasteiger partial charge in [0, 0.05) is 0 Å². The molecule has 3 nitrogen and oxygen atoms in total. The molecule has 27 heavy (non-hydrogen) atoms. The molecule has 0 radical (unpaired) electrons. The number of aromatic nitrogens is 2. The van der Waals surface area contributed by atoms with E-state index in [2.05, 4.69) is 95.7 Å². The Hall–Kier alpha value is -3.07. The Labute approximate surface area is 159 Å². The van der Waals surface area contributed by atoms with Gasteiger partial charge in [0.1, 0.15) is 0 Å². The number of nitrogens with one attached hydrogen (secondary N) is 1. The SMILES string of the molecule is CCc1ccc([C@@H]2C[C@@H](c3ccccc3)Nc3nc4ccccc4n32)cc1. The Balaban J connectivity index is 1.65. The average Bonchev–Trinajstić information content (AvgIpc) is 3.12. The van der Waals surface area contributed by atoms with Crippen LogP contribution >= 0.6 is 0 Å². The third-order valence-corrected chi connectivity index (χ3v) is 5.64. The van der Waals surface area contributed by atoms with Crippen molar-refractivity contribution in [1.82, 2.24) is 9.55 Å². The smallest absolute Gasteiger partial charge is 0.204 e. The molecule has 1 aliphatic rings. The number of hydrogen-bond acceptors (Lipinski definition) is 2. The normalized spacial score (nSPS) is 18.9. The minimum atomic E-state index is 0.256. The van der Waals surface area contributed by atoms with Crippen LogP contribution in [0.1, 0.15) is 42.1 Å². The minimum Gasteiger partial charge on any atom is -0.349 e. The molecule has 2 atom stereocenters. The molecule has 5 rings (SSSR count). The van der Waals surface area contributed by atoms with Crippen molar-refractivity contribution >= 4 is 17.0 Å². The largest absolute Gasteiger partial charge is 0.349 e. The van der Waals surface area contributed by atoms with Crippen molar-refractivity contribution in [3.8, 4) is 0 Å². The highest BCUT2D eigenvalue weighted by Gasteiger charge is 2.30. The lowest BCUT2D eigenvalue weighted by atomic mass is 9.92. The fraction of sp³-hybridized carbons (Fsp3) is 0.208. The zero-order chi connectivity index (χ0) is 18.2. The Morgan fingerprint density at radius 1 is 0.889 bits per heavy atom. The number of para-hydroxylation sites is 2. The lowest BCUT2D eigenvalue weighted by Crippen LogP contribution is -2.27. The second-order valence-electron chi connectivity index (χ2n) is 7.25. The molecule has 0 fully saturated rings. The average molecular weight is 353 g/mol. The van der Waals surface area contributed by atoms with Gasteiger partial charge in [0.25, 0.3) is 0 Å². The Bertz CT molecular complexity index is 1060. The molecular formula is C24H23N3. The molecule has 0 aliphatic carbocycles. The maximum Gasteiger partial charge on any atom is 0.204 e. The first-order valence-electron chi connectivity index (χ1n) is 9.71. The van der Waals surface area contributed by atoms with Gasteiger partial charge in [-0.3, -0.25) is 0 Å². The summed E-state index contributed by atoms with van der Waals surface area (Å²) < 4.78 is 2.37. The molecule has 2 heterocycles. The molecular weight excluding hydrogens is 330 g/mol. The molecule has 0 spiro atoms. The van der Waals surface area contributed by atoms with E-state index in [0.29, 0.717) is 0 Å². The van der Waals surface area contributed by atoms with E-state index in [1.165, 1.54) is 22.2 Å². The van der Waals surface area contributed by atoms with E-state index in [1.54, 1.807) is 0 Å². The van der Waals surface area contributed by atoms with E-state index >= 15 is 0 Å². The summed E-state index contributed by atoms with van der Waals surface area (Å²) >= 11 is 0. The maximum absolute atomic E-state index is 4.89. The number of hydrogen-bond donors (Lipinski definition) is 1. The van der Waals surface area contributed by atoms with Crippen LogP contribution in [0.2, 0.25) is 0 Å². The first-order chi connectivity index (χ1) is 13.3. The maximum atomic E-state index is 4.89. The molecule has 3 heteroatoms. The van der Waals surface area contributed by atoms with E-state index in [1.807, 2.05) is 0 Å². The van der Waals surface area contributed by atoms with Crippen LogP contribution in [0.4, 0.5) is 5.95 Å². The molecule has 0 bridgehead atoms. The lowest BCUT2D eigenvalue weighted by molar-refractivity contribution is 0.477. The quantitative estimate of drug-likeness (QED) is 0.508. The van der Waals surface area contributed by atoms with Crippen LogP contribution in [-0.2, 0) is 6.42 Å². The second kappa shape index (κ2) is 6.58. The summed E-state index contributed by atoms with van der Waals surface area (Å²) in [6, 6.07) is 28.7. The predicted octanol–water partition coefficient (Wildman–Crippen LogP) is 5.75. The van der Waals surface area contributed by atoms with Gasteiger partial charge in [-0.1, -0.05) is 73.7 Å². The number of rotatable bonds is 3. The Kier molecular flexibility index (Phi) is 3.93. The van der Waals surface area contributed by atoms with Crippen molar-refractivity contribution in [1.29, 1.82) is 0 Å². The van der Waals surface area contributed by atoms with Crippen molar-refractivity contribution in [3.63, 3.8) is 0 Å². The second-order valence-corrected chi connectivity index (χ2v) is 7.25. The van der Waals surface area contributed by atoms with Gasteiger partial charge < -0.3 is 9.88 Å². The number of fused-ring (bicyclic) bond motifs is 3. The molecule has 1 N–H and O–H groups in total. The van der Waals surface area contributed by atoms with Gasteiger partial charge in [-0.25, -0.2) is 4.98 Å². The Morgan fingerprint density at radius 3 is 2.41 bits per heavy atom. The molecule has 134 valence electrons. The molecule has 0 amide bonds. The van der Waals surface area contributed by atoms with Crippen LogP contribution in [0, 0.1) is 0 Å². The number of benzene rings is 3. The monoisotopic (exact) mass is 353 g/mol. The van der Waals surface area contributed by atoms with Gasteiger partial charge in [-0.05, 0) is 41.7 Å². The van der Waals surface area contributed by atoms with Crippen LogP contribution in [0.5, 0.6) is 0 Å². The summed E-state index contributed by atoms with van der Waals surface area (Å²) in [5, 5.41) is 3.68. The van der Waals surface area contributed by atoms with Gasteiger partial charge in [0.05, 0.1) is 23.1 Å². The third kappa shape index (κ3) is 2.80. The van der Waals surface area contributed by atoms with E-state index in [4.69, 9.17) is 4.98 Å². The van der Waals surface area contributed by atoms with Gasteiger partial charge in [-0.15, -0.1) is 0 Å². The minimum absolute atomic E-state index is 0.256. The van der Waals surface area contributed by atoms with E-state index in [0.717, 1.165) is 24.3 Å². The van der Waals surface area contributed by atoms with Crippen molar-refractivity contribution in [2.75, 3.05) is 5.32 Å². The highest BCUT2D eigenvalue weighted by Crippen LogP contribution is 2.41. The van der Waals surface area contributed by atoms with Crippen LogP contribution in [0.25, 0.3) is 11.0 Å². The number of aryl methyl sites for hydroxylation is 1. The van der Waals surface area contributed by atoms with Gasteiger partial charge in [-0.2, -0.15) is 0 Å². The summed E-state index contributed by atoms with van der Waals surface area (Å²) in [6.07, 6.45) is 2.07. The van der Waals surface area contributed by atoms with Crippen molar-refractivity contribution in [2.45, 2.75) is 31.8 Å². The van der Waals surface area contributed by atoms with Crippen LogP contribution in [0.15, 0.2) is 78.9 Å². The number of imidazole rings is 1. The van der Waals surface area contributed by atoms with Crippen LogP contribution in [0.3, 0.4) is 0 Å². The summed E-state index contributed by atoms with van der Waals surface area (Å²) in [5.74, 6) is 0.959. The third-order valence-electron chi connectivity index (χ3n) is 5.64. The predicted molar refractivity (Wildman–Crippen MR) is 111 cm³/mol. The van der Waals surface area contributed by atoms with Crippen molar-refractivity contribution < 1.29 is 0 Å². The molecule has 0 unspecified atom stereocenters.